The van der Waals surface area contributed by atoms with Gasteiger partial charge in [-0.3, -0.25) is 4.79 Å². The number of carbonyl (C=O) groups excluding carboxylic acids is 1. The van der Waals surface area contributed by atoms with Crippen molar-refractivity contribution in [2.45, 2.75) is 32.9 Å². The van der Waals surface area contributed by atoms with Crippen molar-refractivity contribution in [3.8, 4) is 0 Å². The fraction of sp³-hybridized carbons (Fsp3) is 0.667. The Balaban J connectivity index is 1.95. The summed E-state index contributed by atoms with van der Waals surface area (Å²) in [6.07, 6.45) is 1.08. The maximum atomic E-state index is 12.2. The van der Waals surface area contributed by atoms with Gasteiger partial charge >= 0.3 is 0 Å². The number of aryl methyl sites for hydroxylation is 1. The average molecular weight is 253 g/mol. The molecule has 2 heterocycles. The van der Waals surface area contributed by atoms with Crippen LogP contribution >= 0.6 is 11.3 Å². The van der Waals surface area contributed by atoms with Crippen LogP contribution in [0.3, 0.4) is 0 Å². The Morgan fingerprint density at radius 3 is 3.00 bits per heavy atom. The summed E-state index contributed by atoms with van der Waals surface area (Å²) in [5, 5.41) is 6.34. The quantitative estimate of drug-likeness (QED) is 0.886. The van der Waals surface area contributed by atoms with E-state index in [0.717, 1.165) is 23.7 Å². The number of thiazole rings is 1. The highest BCUT2D eigenvalue weighted by Crippen LogP contribution is 2.17. The Morgan fingerprint density at radius 1 is 1.71 bits per heavy atom. The van der Waals surface area contributed by atoms with Crippen LogP contribution in [0.5, 0.6) is 0 Å². The summed E-state index contributed by atoms with van der Waals surface area (Å²) < 4.78 is 0. The van der Waals surface area contributed by atoms with E-state index in [1.807, 2.05) is 19.4 Å². The van der Waals surface area contributed by atoms with Crippen molar-refractivity contribution in [2.75, 3.05) is 13.6 Å². The second-order valence-electron chi connectivity index (χ2n) is 4.75. The second-order valence-corrected chi connectivity index (χ2v) is 5.81. The highest BCUT2D eigenvalue weighted by atomic mass is 32.1. The molecular weight excluding hydrogens is 234 g/mol. The van der Waals surface area contributed by atoms with Gasteiger partial charge in [0.1, 0.15) is 0 Å². The first kappa shape index (κ1) is 12.5. The number of hydrogen-bond acceptors (Lipinski definition) is 4. The lowest BCUT2D eigenvalue weighted by Crippen LogP contribution is -2.43. The largest absolute Gasteiger partial charge is 0.338 e. The van der Waals surface area contributed by atoms with Gasteiger partial charge in [-0.1, -0.05) is 6.92 Å². The lowest BCUT2D eigenvalue weighted by Gasteiger charge is -2.22. The Hall–Kier alpha value is -0.940. The molecule has 0 radical (unpaired) electrons. The van der Waals surface area contributed by atoms with Gasteiger partial charge in [0.15, 0.2) is 0 Å². The van der Waals surface area contributed by atoms with Gasteiger partial charge in [-0.25, -0.2) is 4.98 Å². The Morgan fingerprint density at radius 2 is 2.47 bits per heavy atom. The first-order chi connectivity index (χ1) is 8.08. The molecule has 2 rings (SSSR count). The molecule has 1 aromatic rings. The zero-order valence-electron chi connectivity index (χ0n) is 10.6. The van der Waals surface area contributed by atoms with E-state index in [0.29, 0.717) is 12.5 Å². The van der Waals surface area contributed by atoms with Crippen molar-refractivity contribution in [3.63, 3.8) is 0 Å². The van der Waals surface area contributed by atoms with Gasteiger partial charge in [-0.05, 0) is 25.8 Å². The van der Waals surface area contributed by atoms with E-state index in [1.165, 1.54) is 0 Å². The zero-order valence-corrected chi connectivity index (χ0v) is 11.4. The van der Waals surface area contributed by atoms with E-state index in [1.54, 1.807) is 16.2 Å². The van der Waals surface area contributed by atoms with E-state index in [2.05, 4.69) is 17.2 Å². The third-order valence-electron chi connectivity index (χ3n) is 3.24. The van der Waals surface area contributed by atoms with Gasteiger partial charge in [-0.15, -0.1) is 11.3 Å². The molecule has 0 spiro atoms. The van der Waals surface area contributed by atoms with Crippen molar-refractivity contribution >= 4 is 17.2 Å². The lowest BCUT2D eigenvalue weighted by molar-refractivity contribution is -0.133. The summed E-state index contributed by atoms with van der Waals surface area (Å²) in [6, 6.07) is -0.0141. The third kappa shape index (κ3) is 2.84. The van der Waals surface area contributed by atoms with Crippen LogP contribution < -0.4 is 5.32 Å². The maximum Gasteiger partial charge on any atom is 0.240 e. The third-order valence-corrected chi connectivity index (χ3v) is 4.06. The summed E-state index contributed by atoms with van der Waals surface area (Å²) in [5.41, 5.74) is 0.981. The second kappa shape index (κ2) is 5.14. The van der Waals surface area contributed by atoms with E-state index >= 15 is 0 Å². The number of hydrogen-bond donors (Lipinski definition) is 1. The van der Waals surface area contributed by atoms with Gasteiger partial charge in [-0.2, -0.15) is 0 Å². The van der Waals surface area contributed by atoms with Gasteiger partial charge < -0.3 is 10.2 Å². The van der Waals surface area contributed by atoms with Crippen LogP contribution in [0.25, 0.3) is 0 Å². The molecule has 2 unspecified atom stereocenters. The predicted molar refractivity (Wildman–Crippen MR) is 68.9 cm³/mol. The highest BCUT2D eigenvalue weighted by Gasteiger charge is 2.31. The van der Waals surface area contributed by atoms with Crippen LogP contribution in [0, 0.1) is 12.8 Å². The summed E-state index contributed by atoms with van der Waals surface area (Å²) in [4.78, 5) is 18.4. The number of nitrogens with zero attached hydrogens (tertiary/aromatic N) is 2. The van der Waals surface area contributed by atoms with Crippen molar-refractivity contribution in [1.82, 2.24) is 15.2 Å². The Bertz CT molecular complexity index is 404. The number of carbonyl (C=O) groups is 1. The predicted octanol–water partition coefficient (Wildman–Crippen LogP) is 1.41. The molecule has 1 aliphatic rings. The van der Waals surface area contributed by atoms with E-state index in [9.17, 15) is 4.79 Å². The number of amides is 1. The number of rotatable bonds is 3. The SMILES string of the molecule is Cc1nc(CN(C)C(=O)C2NCCC2C)cs1. The molecule has 1 aliphatic heterocycles. The molecule has 4 nitrogen and oxygen atoms in total. The van der Waals surface area contributed by atoms with Crippen molar-refractivity contribution < 1.29 is 4.79 Å². The Labute approximate surface area is 106 Å². The zero-order chi connectivity index (χ0) is 12.4. The number of likely N-dealkylation sites (N-methyl/N-ethyl adjacent to an activating group) is 1. The first-order valence-electron chi connectivity index (χ1n) is 5.97. The van der Waals surface area contributed by atoms with E-state index in [-0.39, 0.29) is 11.9 Å². The van der Waals surface area contributed by atoms with Crippen molar-refractivity contribution in [3.05, 3.63) is 16.1 Å². The van der Waals surface area contributed by atoms with E-state index < -0.39 is 0 Å². The minimum absolute atomic E-state index is 0.0141. The van der Waals surface area contributed by atoms with Crippen LogP contribution in [0.1, 0.15) is 24.0 Å². The molecule has 1 N–H and O–H groups in total. The van der Waals surface area contributed by atoms with E-state index in [4.69, 9.17) is 0 Å². The summed E-state index contributed by atoms with van der Waals surface area (Å²) >= 11 is 1.63. The van der Waals surface area contributed by atoms with Gasteiger partial charge in [0.05, 0.1) is 23.3 Å². The topological polar surface area (TPSA) is 45.2 Å². The molecule has 1 aromatic heterocycles. The van der Waals surface area contributed by atoms with Crippen LogP contribution in [-0.2, 0) is 11.3 Å². The van der Waals surface area contributed by atoms with Crippen molar-refractivity contribution in [2.24, 2.45) is 5.92 Å². The fourth-order valence-corrected chi connectivity index (χ4v) is 2.81. The molecule has 1 fully saturated rings. The van der Waals surface area contributed by atoms with Gasteiger partial charge in [0, 0.05) is 12.4 Å². The molecule has 0 bridgehead atoms. The minimum atomic E-state index is -0.0141. The molecule has 0 aliphatic carbocycles. The van der Waals surface area contributed by atoms with Crippen LogP contribution in [0.15, 0.2) is 5.38 Å². The van der Waals surface area contributed by atoms with Gasteiger partial charge in [0.2, 0.25) is 5.91 Å². The lowest BCUT2D eigenvalue weighted by atomic mass is 10.0. The first-order valence-corrected chi connectivity index (χ1v) is 6.85. The molecule has 1 saturated heterocycles. The molecule has 5 heteroatoms. The summed E-state index contributed by atoms with van der Waals surface area (Å²) in [7, 11) is 1.85. The van der Waals surface area contributed by atoms with Crippen LogP contribution in [-0.4, -0.2) is 35.4 Å². The smallest absolute Gasteiger partial charge is 0.240 e. The minimum Gasteiger partial charge on any atom is -0.338 e. The van der Waals surface area contributed by atoms with Crippen molar-refractivity contribution in [1.29, 1.82) is 0 Å². The number of nitrogens with one attached hydrogen (secondary N) is 1. The molecule has 17 heavy (non-hydrogen) atoms. The summed E-state index contributed by atoms with van der Waals surface area (Å²) in [6.45, 7) is 5.66. The van der Waals surface area contributed by atoms with Crippen LogP contribution in [0.2, 0.25) is 0 Å². The Kier molecular flexibility index (Phi) is 3.79. The fourth-order valence-electron chi connectivity index (χ4n) is 2.20. The molecular formula is C12H19N3OS. The van der Waals surface area contributed by atoms with Crippen LogP contribution in [0.4, 0.5) is 0 Å². The molecule has 0 aromatic carbocycles. The highest BCUT2D eigenvalue weighted by molar-refractivity contribution is 7.09. The normalized spacial score (nSPS) is 23.9. The molecule has 94 valence electrons. The average Bonchev–Trinajstić information content (AvgIpc) is 2.86. The standard InChI is InChI=1S/C12H19N3OS/c1-8-4-5-13-11(8)12(16)15(3)6-10-7-17-9(2)14-10/h7-8,11,13H,4-6H2,1-3H3. The molecule has 2 atom stereocenters. The molecule has 0 saturated carbocycles. The summed E-state index contributed by atoms with van der Waals surface area (Å²) in [5.74, 6) is 0.614. The number of aromatic nitrogens is 1. The molecule has 1 amide bonds. The monoisotopic (exact) mass is 253 g/mol. The van der Waals surface area contributed by atoms with Gasteiger partial charge in [0.25, 0.3) is 0 Å². The maximum absolute atomic E-state index is 12.2.